The monoisotopic (exact) mass is 179 g/mol. The first-order valence-electron chi connectivity index (χ1n) is 4.19. The van der Waals surface area contributed by atoms with E-state index < -0.39 is 0 Å². The second kappa shape index (κ2) is 3.98. The molecule has 13 heavy (non-hydrogen) atoms. The van der Waals surface area contributed by atoms with Crippen LogP contribution in [0.1, 0.15) is 35.9 Å². The van der Waals surface area contributed by atoms with Crippen molar-refractivity contribution in [1.29, 1.82) is 0 Å². The molecule has 0 aromatic carbocycles. The largest absolute Gasteiger partial charge is 0.354 e. The van der Waals surface area contributed by atoms with Gasteiger partial charge in [0.2, 0.25) is 0 Å². The highest BCUT2D eigenvalue weighted by Gasteiger charge is 2.07. The van der Waals surface area contributed by atoms with Crippen LogP contribution < -0.4 is 5.32 Å². The van der Waals surface area contributed by atoms with E-state index in [1.807, 2.05) is 13.8 Å². The van der Waals surface area contributed by atoms with Crippen molar-refractivity contribution in [3.05, 3.63) is 23.8 Å². The van der Waals surface area contributed by atoms with Crippen LogP contribution in [-0.2, 0) is 0 Å². The summed E-state index contributed by atoms with van der Waals surface area (Å²) in [4.78, 5) is 19.3. The minimum Gasteiger partial charge on any atom is -0.354 e. The second-order valence-electron chi connectivity index (χ2n) is 3.06. The third-order valence-electron chi connectivity index (χ3n) is 1.70. The SMILES string of the molecule is CNC(=O)c1cncc(C(C)C)n1. The normalized spacial score (nSPS) is 10.2. The topological polar surface area (TPSA) is 54.9 Å². The molecule has 0 saturated carbocycles. The van der Waals surface area contributed by atoms with E-state index >= 15 is 0 Å². The van der Waals surface area contributed by atoms with Crippen LogP contribution in [0.3, 0.4) is 0 Å². The van der Waals surface area contributed by atoms with Crippen LogP contribution in [0.4, 0.5) is 0 Å². The summed E-state index contributed by atoms with van der Waals surface area (Å²) in [7, 11) is 1.58. The van der Waals surface area contributed by atoms with Gasteiger partial charge in [0.1, 0.15) is 5.69 Å². The Hall–Kier alpha value is -1.45. The Bertz CT molecular complexity index is 309. The predicted octanol–water partition coefficient (Wildman–Crippen LogP) is 0.960. The molecule has 1 aromatic heterocycles. The van der Waals surface area contributed by atoms with E-state index in [9.17, 15) is 4.79 Å². The fourth-order valence-electron chi connectivity index (χ4n) is 0.897. The van der Waals surface area contributed by atoms with E-state index in [4.69, 9.17) is 0 Å². The molecule has 1 aromatic rings. The molecule has 1 N–H and O–H groups in total. The molecule has 0 saturated heterocycles. The summed E-state index contributed by atoms with van der Waals surface area (Å²) >= 11 is 0. The number of carbonyl (C=O) groups is 1. The molecule has 0 bridgehead atoms. The third-order valence-corrected chi connectivity index (χ3v) is 1.70. The van der Waals surface area contributed by atoms with E-state index in [0.717, 1.165) is 5.69 Å². The van der Waals surface area contributed by atoms with Crippen LogP contribution in [-0.4, -0.2) is 22.9 Å². The number of hydrogen-bond donors (Lipinski definition) is 1. The van der Waals surface area contributed by atoms with Gasteiger partial charge in [-0.1, -0.05) is 13.8 Å². The maximum Gasteiger partial charge on any atom is 0.271 e. The van der Waals surface area contributed by atoms with Crippen molar-refractivity contribution in [1.82, 2.24) is 15.3 Å². The Morgan fingerprint density at radius 2 is 2.15 bits per heavy atom. The molecule has 0 unspecified atom stereocenters. The fraction of sp³-hybridized carbons (Fsp3) is 0.444. The zero-order valence-electron chi connectivity index (χ0n) is 8.03. The molecule has 4 heteroatoms. The lowest BCUT2D eigenvalue weighted by atomic mass is 10.1. The van der Waals surface area contributed by atoms with Crippen LogP contribution in [0.2, 0.25) is 0 Å². The van der Waals surface area contributed by atoms with Crippen molar-refractivity contribution >= 4 is 5.91 Å². The quantitative estimate of drug-likeness (QED) is 0.735. The molecule has 1 amide bonds. The Labute approximate surface area is 77.4 Å². The lowest BCUT2D eigenvalue weighted by molar-refractivity contribution is 0.0957. The lowest BCUT2D eigenvalue weighted by Gasteiger charge is -2.04. The first-order chi connectivity index (χ1) is 6.15. The summed E-state index contributed by atoms with van der Waals surface area (Å²) in [5.41, 5.74) is 1.20. The van der Waals surface area contributed by atoms with Crippen molar-refractivity contribution < 1.29 is 4.79 Å². The van der Waals surface area contributed by atoms with Crippen molar-refractivity contribution in [3.63, 3.8) is 0 Å². The van der Waals surface area contributed by atoms with E-state index in [0.29, 0.717) is 5.69 Å². The molecule has 0 aliphatic rings. The third kappa shape index (κ3) is 2.24. The van der Waals surface area contributed by atoms with Gasteiger partial charge in [-0.25, -0.2) is 4.98 Å². The zero-order chi connectivity index (χ0) is 9.84. The van der Waals surface area contributed by atoms with Gasteiger partial charge in [0.15, 0.2) is 0 Å². The number of hydrogen-bond acceptors (Lipinski definition) is 3. The van der Waals surface area contributed by atoms with Crippen molar-refractivity contribution in [2.45, 2.75) is 19.8 Å². The average molecular weight is 179 g/mol. The number of carbonyl (C=O) groups excluding carboxylic acids is 1. The van der Waals surface area contributed by atoms with Gasteiger partial charge >= 0.3 is 0 Å². The van der Waals surface area contributed by atoms with Crippen molar-refractivity contribution in [2.24, 2.45) is 0 Å². The van der Waals surface area contributed by atoms with Gasteiger partial charge in [-0.3, -0.25) is 9.78 Å². The van der Waals surface area contributed by atoms with Crippen LogP contribution >= 0.6 is 0 Å². The Morgan fingerprint density at radius 3 is 2.69 bits per heavy atom. The highest BCUT2D eigenvalue weighted by atomic mass is 16.1. The molecule has 0 aliphatic carbocycles. The maximum absolute atomic E-state index is 11.2. The number of amides is 1. The predicted molar refractivity (Wildman–Crippen MR) is 49.5 cm³/mol. The molecule has 0 atom stereocenters. The summed E-state index contributed by atoms with van der Waals surface area (Å²) in [5, 5.41) is 2.51. The van der Waals surface area contributed by atoms with Gasteiger partial charge in [-0.15, -0.1) is 0 Å². The number of nitrogens with zero attached hydrogens (tertiary/aromatic N) is 2. The summed E-state index contributed by atoms with van der Waals surface area (Å²) in [5.74, 6) is 0.0899. The number of rotatable bonds is 2. The molecule has 4 nitrogen and oxygen atoms in total. The van der Waals surface area contributed by atoms with Gasteiger partial charge in [-0.05, 0) is 5.92 Å². The first-order valence-corrected chi connectivity index (χ1v) is 4.19. The summed E-state index contributed by atoms with van der Waals surface area (Å²) < 4.78 is 0. The molecule has 1 rings (SSSR count). The Morgan fingerprint density at radius 1 is 1.46 bits per heavy atom. The minimum atomic E-state index is -0.199. The molecule has 70 valence electrons. The Balaban J connectivity index is 2.98. The van der Waals surface area contributed by atoms with Gasteiger partial charge in [0.25, 0.3) is 5.91 Å². The second-order valence-corrected chi connectivity index (χ2v) is 3.06. The summed E-state index contributed by atoms with van der Waals surface area (Å²) in [6.45, 7) is 4.02. The molecular weight excluding hydrogens is 166 g/mol. The molecular formula is C9H13N3O. The standard InChI is InChI=1S/C9H13N3O/c1-6(2)7-4-11-5-8(12-7)9(13)10-3/h4-6H,1-3H3,(H,10,13). The van der Waals surface area contributed by atoms with Crippen LogP contribution in [0.15, 0.2) is 12.4 Å². The first kappa shape index (κ1) is 9.64. The minimum absolute atomic E-state index is 0.199. The van der Waals surface area contributed by atoms with Crippen LogP contribution in [0, 0.1) is 0 Å². The van der Waals surface area contributed by atoms with Crippen LogP contribution in [0.25, 0.3) is 0 Å². The average Bonchev–Trinajstić information content (AvgIpc) is 2.17. The molecule has 0 fully saturated rings. The van der Waals surface area contributed by atoms with Crippen molar-refractivity contribution in [3.8, 4) is 0 Å². The molecule has 0 spiro atoms. The zero-order valence-corrected chi connectivity index (χ0v) is 8.03. The highest BCUT2D eigenvalue weighted by molar-refractivity contribution is 5.91. The number of aromatic nitrogens is 2. The van der Waals surface area contributed by atoms with E-state index in [1.54, 1.807) is 13.2 Å². The molecule has 0 aliphatic heterocycles. The summed E-state index contributed by atoms with van der Waals surface area (Å²) in [6, 6.07) is 0. The van der Waals surface area contributed by atoms with Crippen LogP contribution in [0.5, 0.6) is 0 Å². The van der Waals surface area contributed by atoms with Gasteiger partial charge < -0.3 is 5.32 Å². The maximum atomic E-state index is 11.2. The van der Waals surface area contributed by atoms with Crippen molar-refractivity contribution in [2.75, 3.05) is 7.05 Å². The fourth-order valence-corrected chi connectivity index (χ4v) is 0.897. The van der Waals surface area contributed by atoms with Gasteiger partial charge in [-0.2, -0.15) is 0 Å². The lowest BCUT2D eigenvalue weighted by Crippen LogP contribution is -2.20. The van der Waals surface area contributed by atoms with E-state index in [2.05, 4.69) is 15.3 Å². The van der Waals surface area contributed by atoms with E-state index in [1.165, 1.54) is 6.20 Å². The molecule has 1 heterocycles. The summed E-state index contributed by atoms with van der Waals surface area (Å²) in [6.07, 6.45) is 3.14. The Kier molecular flexibility index (Phi) is 2.95. The smallest absolute Gasteiger partial charge is 0.271 e. The van der Waals surface area contributed by atoms with Gasteiger partial charge in [0.05, 0.1) is 11.9 Å². The van der Waals surface area contributed by atoms with Gasteiger partial charge in [0, 0.05) is 13.2 Å². The highest BCUT2D eigenvalue weighted by Crippen LogP contribution is 2.09. The van der Waals surface area contributed by atoms with E-state index in [-0.39, 0.29) is 11.8 Å². The molecule has 0 radical (unpaired) electrons. The number of nitrogens with one attached hydrogen (secondary N) is 1.